The molecule has 0 bridgehead atoms. The van der Waals surface area contributed by atoms with Crippen molar-refractivity contribution in [3.8, 4) is 0 Å². The molecule has 0 saturated carbocycles. The lowest BCUT2D eigenvalue weighted by atomic mass is 10.1. The molecule has 1 N–H and O–H groups in total. The van der Waals surface area contributed by atoms with Crippen molar-refractivity contribution in [3.05, 3.63) is 65.9 Å². The third-order valence-electron chi connectivity index (χ3n) is 5.04. The van der Waals surface area contributed by atoms with Crippen LogP contribution in [0.5, 0.6) is 0 Å². The number of ketones is 1. The van der Waals surface area contributed by atoms with Crippen LogP contribution in [0, 0.1) is 6.92 Å². The Kier molecular flexibility index (Phi) is 5.37. The Bertz CT molecular complexity index is 1010. The lowest BCUT2D eigenvalue weighted by Gasteiger charge is -2.36. The molecule has 2 heterocycles. The minimum atomic E-state index is 0.0212. The van der Waals surface area contributed by atoms with Crippen LogP contribution in [0.3, 0.4) is 0 Å². The molecular weight excluding hydrogens is 364 g/mol. The van der Waals surface area contributed by atoms with Gasteiger partial charge in [0.05, 0.1) is 6.20 Å². The molecule has 1 aliphatic rings. The van der Waals surface area contributed by atoms with Crippen LogP contribution in [-0.4, -0.2) is 47.1 Å². The number of piperazine rings is 1. The summed E-state index contributed by atoms with van der Waals surface area (Å²) in [6, 6.07) is 15.9. The summed E-state index contributed by atoms with van der Waals surface area (Å²) in [5.74, 6) is 1.24. The van der Waals surface area contributed by atoms with Gasteiger partial charge in [-0.2, -0.15) is 10.1 Å². The highest BCUT2D eigenvalue weighted by molar-refractivity contribution is 5.95. The molecule has 0 spiro atoms. The molecule has 7 nitrogen and oxygen atoms in total. The van der Waals surface area contributed by atoms with Crippen molar-refractivity contribution < 1.29 is 4.79 Å². The van der Waals surface area contributed by atoms with Gasteiger partial charge in [-0.1, -0.05) is 24.3 Å². The molecule has 1 aromatic heterocycles. The Labute approximate surface area is 170 Å². The van der Waals surface area contributed by atoms with Crippen molar-refractivity contribution in [2.24, 2.45) is 0 Å². The zero-order valence-corrected chi connectivity index (χ0v) is 16.7. The van der Waals surface area contributed by atoms with E-state index in [1.165, 1.54) is 11.3 Å². The van der Waals surface area contributed by atoms with Crippen molar-refractivity contribution in [2.45, 2.75) is 13.8 Å². The van der Waals surface area contributed by atoms with Crippen LogP contribution < -0.4 is 15.1 Å². The average molecular weight is 388 g/mol. The van der Waals surface area contributed by atoms with Gasteiger partial charge in [0, 0.05) is 43.1 Å². The SMILES string of the molecule is CC(=O)c1cccc(Nc2nncc(N3CCN(c4cccc(C)c4)CC3)n2)c1. The number of rotatable bonds is 5. The van der Waals surface area contributed by atoms with Crippen molar-refractivity contribution in [2.75, 3.05) is 41.3 Å². The van der Waals surface area contributed by atoms with Gasteiger partial charge in [0.1, 0.15) is 0 Å². The summed E-state index contributed by atoms with van der Waals surface area (Å²) in [5.41, 5.74) is 3.94. The molecule has 1 aliphatic heterocycles. The second-order valence-corrected chi connectivity index (χ2v) is 7.21. The summed E-state index contributed by atoms with van der Waals surface area (Å²) >= 11 is 0. The number of aromatic nitrogens is 3. The maximum atomic E-state index is 11.6. The number of Topliss-reactive ketones (excluding diaryl/α,β-unsaturated/α-hetero) is 1. The quantitative estimate of drug-likeness (QED) is 0.671. The maximum Gasteiger partial charge on any atom is 0.249 e. The summed E-state index contributed by atoms with van der Waals surface area (Å²) in [4.78, 5) is 20.8. The maximum absolute atomic E-state index is 11.6. The number of hydrogen-bond donors (Lipinski definition) is 1. The van der Waals surface area contributed by atoms with E-state index in [4.69, 9.17) is 0 Å². The highest BCUT2D eigenvalue weighted by atomic mass is 16.1. The van der Waals surface area contributed by atoms with Crippen LogP contribution in [-0.2, 0) is 0 Å². The molecule has 148 valence electrons. The summed E-state index contributed by atoms with van der Waals surface area (Å²) in [6.45, 7) is 7.26. The smallest absolute Gasteiger partial charge is 0.249 e. The number of carbonyl (C=O) groups is 1. The first-order valence-corrected chi connectivity index (χ1v) is 9.73. The monoisotopic (exact) mass is 388 g/mol. The molecule has 29 heavy (non-hydrogen) atoms. The summed E-state index contributed by atoms with van der Waals surface area (Å²) < 4.78 is 0. The number of anilines is 4. The predicted octanol–water partition coefficient (Wildman–Crippen LogP) is 3.45. The highest BCUT2D eigenvalue weighted by Crippen LogP contribution is 2.21. The van der Waals surface area contributed by atoms with Crippen LogP contribution in [0.2, 0.25) is 0 Å². The summed E-state index contributed by atoms with van der Waals surface area (Å²) in [5, 5.41) is 11.3. The van der Waals surface area contributed by atoms with Crippen LogP contribution in [0.1, 0.15) is 22.8 Å². The van der Waals surface area contributed by atoms with E-state index in [0.717, 1.165) is 37.7 Å². The third-order valence-corrected chi connectivity index (χ3v) is 5.04. The van der Waals surface area contributed by atoms with E-state index in [-0.39, 0.29) is 5.78 Å². The number of hydrogen-bond acceptors (Lipinski definition) is 7. The van der Waals surface area contributed by atoms with Gasteiger partial charge in [-0.15, -0.1) is 5.10 Å². The van der Waals surface area contributed by atoms with E-state index >= 15 is 0 Å². The molecule has 0 atom stereocenters. The van der Waals surface area contributed by atoms with E-state index in [1.807, 2.05) is 12.1 Å². The van der Waals surface area contributed by atoms with Gasteiger partial charge < -0.3 is 15.1 Å². The Morgan fingerprint density at radius 1 is 1.00 bits per heavy atom. The first-order chi connectivity index (χ1) is 14.1. The van der Waals surface area contributed by atoms with E-state index < -0.39 is 0 Å². The second kappa shape index (κ2) is 8.26. The molecular formula is C22H24N6O. The Morgan fingerprint density at radius 3 is 2.52 bits per heavy atom. The fourth-order valence-electron chi connectivity index (χ4n) is 3.46. The molecule has 0 unspecified atom stereocenters. The molecule has 1 fully saturated rings. The molecule has 7 heteroatoms. The predicted molar refractivity (Wildman–Crippen MR) is 115 cm³/mol. The van der Waals surface area contributed by atoms with Crippen molar-refractivity contribution in [1.29, 1.82) is 0 Å². The number of carbonyl (C=O) groups excluding carboxylic acids is 1. The second-order valence-electron chi connectivity index (χ2n) is 7.21. The largest absolute Gasteiger partial charge is 0.368 e. The first kappa shape index (κ1) is 18.9. The van der Waals surface area contributed by atoms with Crippen LogP contribution >= 0.6 is 0 Å². The van der Waals surface area contributed by atoms with Crippen molar-refractivity contribution in [3.63, 3.8) is 0 Å². The number of aryl methyl sites for hydroxylation is 1. The van der Waals surface area contributed by atoms with Gasteiger partial charge in [0.15, 0.2) is 11.6 Å². The molecule has 0 amide bonds. The van der Waals surface area contributed by atoms with Crippen LogP contribution in [0.25, 0.3) is 0 Å². The van der Waals surface area contributed by atoms with Gasteiger partial charge in [-0.3, -0.25) is 4.79 Å². The third kappa shape index (κ3) is 4.51. The van der Waals surface area contributed by atoms with E-state index in [0.29, 0.717) is 11.5 Å². The minimum absolute atomic E-state index is 0.0212. The molecule has 3 aromatic rings. The topological polar surface area (TPSA) is 74.2 Å². The van der Waals surface area contributed by atoms with E-state index in [2.05, 4.69) is 61.5 Å². The van der Waals surface area contributed by atoms with E-state index in [1.54, 1.807) is 25.3 Å². The zero-order chi connectivity index (χ0) is 20.2. The van der Waals surface area contributed by atoms with Crippen LogP contribution in [0.15, 0.2) is 54.7 Å². The summed E-state index contributed by atoms with van der Waals surface area (Å²) in [6.07, 6.45) is 1.69. The van der Waals surface area contributed by atoms with Gasteiger partial charge in [0.2, 0.25) is 5.95 Å². The zero-order valence-electron chi connectivity index (χ0n) is 16.7. The van der Waals surface area contributed by atoms with Crippen molar-refractivity contribution in [1.82, 2.24) is 15.2 Å². The molecule has 0 aliphatic carbocycles. The minimum Gasteiger partial charge on any atom is -0.368 e. The number of nitrogens with one attached hydrogen (secondary N) is 1. The van der Waals surface area contributed by atoms with Gasteiger partial charge in [-0.05, 0) is 43.7 Å². The number of nitrogens with zero attached hydrogens (tertiary/aromatic N) is 5. The Balaban J connectivity index is 1.43. The van der Waals surface area contributed by atoms with Crippen molar-refractivity contribution >= 4 is 28.9 Å². The van der Waals surface area contributed by atoms with Gasteiger partial charge in [0.25, 0.3) is 0 Å². The highest BCUT2D eigenvalue weighted by Gasteiger charge is 2.19. The fourth-order valence-corrected chi connectivity index (χ4v) is 3.46. The Hall–Kier alpha value is -3.48. The number of benzene rings is 2. The fraction of sp³-hybridized carbons (Fsp3) is 0.273. The van der Waals surface area contributed by atoms with Crippen LogP contribution in [0.4, 0.5) is 23.1 Å². The van der Waals surface area contributed by atoms with E-state index in [9.17, 15) is 4.79 Å². The molecule has 0 radical (unpaired) electrons. The van der Waals surface area contributed by atoms with Gasteiger partial charge >= 0.3 is 0 Å². The molecule has 2 aromatic carbocycles. The average Bonchev–Trinajstić information content (AvgIpc) is 2.74. The molecule has 4 rings (SSSR count). The normalized spacial score (nSPS) is 14.0. The lowest BCUT2D eigenvalue weighted by molar-refractivity contribution is 0.101. The lowest BCUT2D eigenvalue weighted by Crippen LogP contribution is -2.47. The standard InChI is InChI=1S/C22H24N6O/c1-16-5-3-8-20(13-16)27-9-11-28(12-10-27)21-15-23-26-22(25-21)24-19-7-4-6-18(14-19)17(2)29/h3-8,13-15H,9-12H2,1-2H3,(H,24,25,26). The Morgan fingerprint density at radius 2 is 1.76 bits per heavy atom. The first-order valence-electron chi connectivity index (χ1n) is 9.73. The van der Waals surface area contributed by atoms with Gasteiger partial charge in [-0.25, -0.2) is 0 Å². The molecule has 1 saturated heterocycles. The summed E-state index contributed by atoms with van der Waals surface area (Å²) in [7, 11) is 0.